The Morgan fingerprint density at radius 2 is 1.60 bits per heavy atom. The molecule has 0 spiro atoms. The van der Waals surface area contributed by atoms with E-state index in [1.807, 2.05) is 30.3 Å². The van der Waals surface area contributed by atoms with Crippen LogP contribution in [0.2, 0.25) is 0 Å². The molecule has 1 amide bonds. The Bertz CT molecular complexity index is 744. The van der Waals surface area contributed by atoms with Gasteiger partial charge in [0, 0.05) is 29.6 Å². The summed E-state index contributed by atoms with van der Waals surface area (Å²) in [6, 6.07) is 15.4. The molecule has 0 aliphatic rings. The number of ketones is 1. The van der Waals surface area contributed by atoms with Gasteiger partial charge < -0.3 is 10.4 Å². The van der Waals surface area contributed by atoms with E-state index < -0.39 is 12.0 Å². The molecule has 6 heteroatoms. The van der Waals surface area contributed by atoms with Gasteiger partial charge in [-0.25, -0.2) is 4.79 Å². The Kier molecular flexibility index (Phi) is 6.77. The molecule has 25 heavy (non-hydrogen) atoms. The average Bonchev–Trinajstić information content (AvgIpc) is 2.61. The zero-order valence-electron chi connectivity index (χ0n) is 13.8. The number of aliphatic carboxylic acids is 1. The van der Waals surface area contributed by atoms with Gasteiger partial charge in [0.25, 0.3) is 0 Å². The SMILES string of the molecule is CC(=O)NC(CSCc1ccc(C(=O)c2ccccc2)cc1)C(=O)O. The van der Waals surface area contributed by atoms with Crippen LogP contribution < -0.4 is 5.32 Å². The van der Waals surface area contributed by atoms with Crippen molar-refractivity contribution in [1.29, 1.82) is 0 Å². The molecule has 2 aromatic rings. The van der Waals surface area contributed by atoms with Crippen molar-refractivity contribution < 1.29 is 19.5 Å². The molecule has 0 radical (unpaired) electrons. The van der Waals surface area contributed by atoms with Gasteiger partial charge in [-0.2, -0.15) is 11.8 Å². The first-order chi connectivity index (χ1) is 12.0. The van der Waals surface area contributed by atoms with Crippen LogP contribution in [0.4, 0.5) is 0 Å². The van der Waals surface area contributed by atoms with Gasteiger partial charge in [-0.1, -0.05) is 54.6 Å². The van der Waals surface area contributed by atoms with E-state index in [-0.39, 0.29) is 17.4 Å². The third kappa shape index (κ3) is 5.76. The minimum absolute atomic E-state index is 0.0311. The number of amides is 1. The number of nitrogens with one attached hydrogen (secondary N) is 1. The van der Waals surface area contributed by atoms with Gasteiger partial charge >= 0.3 is 5.97 Å². The highest BCUT2D eigenvalue weighted by molar-refractivity contribution is 7.98. The third-order valence-corrected chi connectivity index (χ3v) is 4.59. The third-order valence-electron chi connectivity index (χ3n) is 3.48. The largest absolute Gasteiger partial charge is 0.480 e. The van der Waals surface area contributed by atoms with E-state index >= 15 is 0 Å². The lowest BCUT2D eigenvalue weighted by molar-refractivity contribution is -0.140. The summed E-state index contributed by atoms with van der Waals surface area (Å²) in [6.07, 6.45) is 0. The molecular weight excluding hydrogens is 338 g/mol. The highest BCUT2D eigenvalue weighted by atomic mass is 32.2. The van der Waals surface area contributed by atoms with Crippen LogP contribution in [-0.4, -0.2) is 34.6 Å². The van der Waals surface area contributed by atoms with E-state index in [1.165, 1.54) is 18.7 Å². The number of carboxylic acids is 1. The molecule has 0 aromatic heterocycles. The first kappa shape index (κ1) is 18.7. The van der Waals surface area contributed by atoms with E-state index in [2.05, 4.69) is 5.32 Å². The highest BCUT2D eigenvalue weighted by Gasteiger charge is 2.18. The van der Waals surface area contributed by atoms with Crippen LogP contribution in [0.3, 0.4) is 0 Å². The lowest BCUT2D eigenvalue weighted by atomic mass is 10.0. The Morgan fingerprint density at radius 3 is 2.16 bits per heavy atom. The van der Waals surface area contributed by atoms with Crippen molar-refractivity contribution in [1.82, 2.24) is 5.32 Å². The summed E-state index contributed by atoms with van der Waals surface area (Å²) in [5, 5.41) is 11.5. The number of thioether (sulfide) groups is 1. The number of carbonyl (C=O) groups excluding carboxylic acids is 2. The molecular formula is C19H19NO4S. The topological polar surface area (TPSA) is 83.5 Å². The zero-order valence-corrected chi connectivity index (χ0v) is 14.6. The van der Waals surface area contributed by atoms with Gasteiger partial charge in [0.2, 0.25) is 5.91 Å². The second-order valence-corrected chi connectivity index (χ2v) is 6.53. The van der Waals surface area contributed by atoms with Crippen molar-refractivity contribution in [2.24, 2.45) is 0 Å². The number of benzene rings is 2. The maximum atomic E-state index is 12.3. The fourth-order valence-electron chi connectivity index (χ4n) is 2.22. The summed E-state index contributed by atoms with van der Waals surface area (Å²) < 4.78 is 0. The first-order valence-electron chi connectivity index (χ1n) is 7.73. The number of hydrogen-bond acceptors (Lipinski definition) is 4. The van der Waals surface area contributed by atoms with Crippen molar-refractivity contribution in [2.75, 3.05) is 5.75 Å². The van der Waals surface area contributed by atoms with E-state index in [1.54, 1.807) is 24.3 Å². The summed E-state index contributed by atoms with van der Waals surface area (Å²) in [7, 11) is 0. The predicted octanol–water partition coefficient (Wildman–Crippen LogP) is 2.74. The van der Waals surface area contributed by atoms with Crippen LogP contribution >= 0.6 is 11.8 Å². The predicted molar refractivity (Wildman–Crippen MR) is 97.7 cm³/mol. The first-order valence-corrected chi connectivity index (χ1v) is 8.89. The Morgan fingerprint density at radius 1 is 1.00 bits per heavy atom. The van der Waals surface area contributed by atoms with Gasteiger partial charge in [-0.05, 0) is 5.56 Å². The molecule has 0 aliphatic carbocycles. The van der Waals surface area contributed by atoms with E-state index in [9.17, 15) is 14.4 Å². The van der Waals surface area contributed by atoms with Crippen molar-refractivity contribution >= 4 is 29.4 Å². The van der Waals surface area contributed by atoms with Gasteiger partial charge in [-0.15, -0.1) is 0 Å². The summed E-state index contributed by atoms with van der Waals surface area (Å²) in [6.45, 7) is 1.29. The second kappa shape index (κ2) is 9.03. The Hall–Kier alpha value is -2.60. The maximum absolute atomic E-state index is 12.3. The highest BCUT2D eigenvalue weighted by Crippen LogP contribution is 2.16. The second-order valence-electron chi connectivity index (χ2n) is 5.50. The van der Waals surface area contributed by atoms with Crippen LogP contribution in [-0.2, 0) is 15.3 Å². The smallest absolute Gasteiger partial charge is 0.327 e. The fourth-order valence-corrected chi connectivity index (χ4v) is 3.23. The van der Waals surface area contributed by atoms with E-state index in [0.29, 0.717) is 16.9 Å². The van der Waals surface area contributed by atoms with E-state index in [4.69, 9.17) is 5.11 Å². The molecule has 0 saturated heterocycles. The van der Waals surface area contributed by atoms with Crippen molar-refractivity contribution in [2.45, 2.75) is 18.7 Å². The molecule has 2 rings (SSSR count). The molecule has 1 atom stereocenters. The fraction of sp³-hybridized carbons (Fsp3) is 0.211. The van der Waals surface area contributed by atoms with Crippen molar-refractivity contribution in [3.05, 3.63) is 71.3 Å². The van der Waals surface area contributed by atoms with Crippen molar-refractivity contribution in [3.63, 3.8) is 0 Å². The normalized spacial score (nSPS) is 11.6. The van der Waals surface area contributed by atoms with Crippen LogP contribution in [0.15, 0.2) is 54.6 Å². The molecule has 0 saturated carbocycles. The van der Waals surface area contributed by atoms with Crippen LogP contribution in [0.1, 0.15) is 28.4 Å². The molecule has 1 unspecified atom stereocenters. The number of carbonyl (C=O) groups is 3. The van der Waals surface area contributed by atoms with Gasteiger partial charge in [0.15, 0.2) is 5.78 Å². The Balaban J connectivity index is 1.91. The standard InChI is InChI=1S/C19H19NO4S/c1-13(21)20-17(19(23)24)12-25-11-14-7-9-16(10-8-14)18(22)15-5-3-2-4-6-15/h2-10,17H,11-12H2,1H3,(H,20,21)(H,23,24). The van der Waals surface area contributed by atoms with Gasteiger partial charge in [-0.3, -0.25) is 9.59 Å². The van der Waals surface area contributed by atoms with Gasteiger partial charge in [0.05, 0.1) is 0 Å². The quantitative estimate of drug-likeness (QED) is 0.710. The summed E-state index contributed by atoms with van der Waals surface area (Å²) in [5.74, 6) is -0.567. The molecule has 0 fully saturated rings. The lowest BCUT2D eigenvalue weighted by Crippen LogP contribution is -2.41. The van der Waals surface area contributed by atoms with Crippen LogP contribution in [0.25, 0.3) is 0 Å². The monoisotopic (exact) mass is 357 g/mol. The molecule has 0 bridgehead atoms. The minimum Gasteiger partial charge on any atom is -0.480 e. The molecule has 0 heterocycles. The number of hydrogen-bond donors (Lipinski definition) is 2. The van der Waals surface area contributed by atoms with Crippen molar-refractivity contribution in [3.8, 4) is 0 Å². The zero-order chi connectivity index (χ0) is 18.2. The molecule has 2 N–H and O–H groups in total. The molecule has 0 aliphatic heterocycles. The van der Waals surface area contributed by atoms with Gasteiger partial charge in [0.1, 0.15) is 6.04 Å². The minimum atomic E-state index is -1.05. The Labute approximate surface area is 150 Å². The summed E-state index contributed by atoms with van der Waals surface area (Å²) in [5.41, 5.74) is 2.24. The summed E-state index contributed by atoms with van der Waals surface area (Å²) >= 11 is 1.41. The number of rotatable bonds is 8. The molecule has 2 aromatic carbocycles. The van der Waals surface area contributed by atoms with E-state index in [0.717, 1.165) is 5.56 Å². The average molecular weight is 357 g/mol. The van der Waals surface area contributed by atoms with Crippen LogP contribution in [0, 0.1) is 0 Å². The molecule has 130 valence electrons. The lowest BCUT2D eigenvalue weighted by Gasteiger charge is -2.12. The maximum Gasteiger partial charge on any atom is 0.327 e. The van der Waals surface area contributed by atoms with Crippen LogP contribution in [0.5, 0.6) is 0 Å². The summed E-state index contributed by atoms with van der Waals surface area (Å²) in [4.78, 5) is 34.4. The molecule has 5 nitrogen and oxygen atoms in total. The number of carboxylic acid groups (broad SMARTS) is 1.